The third kappa shape index (κ3) is 4.95. The first-order chi connectivity index (χ1) is 10.2. The lowest BCUT2D eigenvalue weighted by molar-refractivity contribution is -0.126. The molecule has 6 nitrogen and oxygen atoms in total. The van der Waals surface area contributed by atoms with Crippen molar-refractivity contribution in [3.05, 3.63) is 29.8 Å². The monoisotopic (exact) mass is 309 g/mol. The third-order valence-electron chi connectivity index (χ3n) is 3.10. The van der Waals surface area contributed by atoms with Crippen LogP contribution < -0.4 is 20.7 Å². The van der Waals surface area contributed by atoms with Crippen molar-refractivity contribution < 1.29 is 14.3 Å². The Hall–Kier alpha value is -1.73. The molecule has 0 bridgehead atoms. The number of nitrogens with one attached hydrogen (secondary N) is 3. The van der Waals surface area contributed by atoms with Crippen molar-refractivity contribution in [1.29, 1.82) is 0 Å². The molecule has 1 atom stereocenters. The van der Waals surface area contributed by atoms with Gasteiger partial charge in [-0.25, -0.2) is 0 Å². The fourth-order valence-corrected chi connectivity index (χ4v) is 2.80. The van der Waals surface area contributed by atoms with Gasteiger partial charge in [0, 0.05) is 18.2 Å². The summed E-state index contributed by atoms with van der Waals surface area (Å²) in [6.45, 7) is 0.425. The van der Waals surface area contributed by atoms with E-state index < -0.39 is 0 Å². The molecular formula is C14H19N3O3S. The van der Waals surface area contributed by atoms with Crippen LogP contribution in [0.25, 0.3) is 0 Å². The maximum absolute atomic E-state index is 11.7. The first kappa shape index (κ1) is 15.7. The van der Waals surface area contributed by atoms with E-state index in [0.29, 0.717) is 6.54 Å². The highest BCUT2D eigenvalue weighted by Crippen LogP contribution is 2.11. The summed E-state index contributed by atoms with van der Waals surface area (Å²) < 4.78 is 5.07. The van der Waals surface area contributed by atoms with Gasteiger partial charge in [0.05, 0.1) is 19.7 Å². The van der Waals surface area contributed by atoms with Gasteiger partial charge in [0.2, 0.25) is 11.8 Å². The van der Waals surface area contributed by atoms with Gasteiger partial charge in [-0.15, -0.1) is 11.8 Å². The number of rotatable bonds is 6. The van der Waals surface area contributed by atoms with E-state index >= 15 is 0 Å². The molecular weight excluding hydrogens is 290 g/mol. The number of carbonyl (C=O) groups excluding carboxylic acids is 2. The lowest BCUT2D eigenvalue weighted by Gasteiger charge is -2.11. The SMILES string of the molecule is COc1ccc(CNC(=O)CNC(=O)C2CSCN2)cc1. The molecule has 0 spiro atoms. The van der Waals surface area contributed by atoms with Crippen LogP contribution >= 0.6 is 11.8 Å². The molecule has 1 unspecified atom stereocenters. The van der Waals surface area contributed by atoms with E-state index in [0.717, 1.165) is 22.9 Å². The highest BCUT2D eigenvalue weighted by Gasteiger charge is 2.22. The number of carbonyl (C=O) groups is 2. The zero-order chi connectivity index (χ0) is 15.1. The smallest absolute Gasteiger partial charge is 0.239 e. The summed E-state index contributed by atoms with van der Waals surface area (Å²) in [6.07, 6.45) is 0. The average molecular weight is 309 g/mol. The van der Waals surface area contributed by atoms with E-state index in [1.807, 2.05) is 24.3 Å². The summed E-state index contributed by atoms with van der Waals surface area (Å²) in [7, 11) is 1.61. The lowest BCUT2D eigenvalue weighted by Crippen LogP contribution is -2.45. The van der Waals surface area contributed by atoms with E-state index in [9.17, 15) is 9.59 Å². The summed E-state index contributed by atoms with van der Waals surface area (Å²) in [5.74, 6) is 1.98. The maximum Gasteiger partial charge on any atom is 0.239 e. The summed E-state index contributed by atoms with van der Waals surface area (Å²) >= 11 is 1.67. The van der Waals surface area contributed by atoms with Crippen LogP contribution in [0.1, 0.15) is 5.56 Å². The van der Waals surface area contributed by atoms with Gasteiger partial charge in [-0.2, -0.15) is 0 Å². The second kappa shape index (κ2) is 7.90. The Kier molecular flexibility index (Phi) is 5.89. The quantitative estimate of drug-likeness (QED) is 0.694. The molecule has 1 heterocycles. The van der Waals surface area contributed by atoms with Crippen LogP contribution in [0.2, 0.25) is 0 Å². The minimum atomic E-state index is -0.204. The summed E-state index contributed by atoms with van der Waals surface area (Å²) in [5.41, 5.74) is 0.976. The molecule has 1 fully saturated rings. The Bertz CT molecular complexity index is 487. The van der Waals surface area contributed by atoms with Crippen molar-refractivity contribution in [2.45, 2.75) is 12.6 Å². The fourth-order valence-electron chi connectivity index (χ4n) is 1.86. The van der Waals surface area contributed by atoms with Crippen molar-refractivity contribution in [2.24, 2.45) is 0 Å². The summed E-state index contributed by atoms with van der Waals surface area (Å²) in [6, 6.07) is 7.26. The Morgan fingerprint density at radius 3 is 2.71 bits per heavy atom. The number of ether oxygens (including phenoxy) is 1. The first-order valence-electron chi connectivity index (χ1n) is 6.67. The average Bonchev–Trinajstić information content (AvgIpc) is 3.05. The summed E-state index contributed by atoms with van der Waals surface area (Å²) in [5, 5.41) is 8.45. The number of amides is 2. The second-order valence-corrected chi connectivity index (χ2v) is 5.64. The largest absolute Gasteiger partial charge is 0.497 e. The van der Waals surface area contributed by atoms with Gasteiger partial charge < -0.3 is 15.4 Å². The molecule has 1 aromatic carbocycles. The highest BCUT2D eigenvalue weighted by molar-refractivity contribution is 7.99. The van der Waals surface area contributed by atoms with Crippen LogP contribution in [-0.2, 0) is 16.1 Å². The normalized spacial score (nSPS) is 17.3. The van der Waals surface area contributed by atoms with Crippen LogP contribution in [0.5, 0.6) is 5.75 Å². The highest BCUT2D eigenvalue weighted by atomic mass is 32.2. The van der Waals surface area contributed by atoms with Gasteiger partial charge in [-0.1, -0.05) is 12.1 Å². The van der Waals surface area contributed by atoms with Crippen LogP contribution in [0.15, 0.2) is 24.3 Å². The Balaban J connectivity index is 1.67. The molecule has 0 saturated carbocycles. The van der Waals surface area contributed by atoms with Crippen LogP contribution in [-0.4, -0.2) is 43.1 Å². The van der Waals surface area contributed by atoms with E-state index in [2.05, 4.69) is 16.0 Å². The van der Waals surface area contributed by atoms with Gasteiger partial charge in [-0.05, 0) is 17.7 Å². The van der Waals surface area contributed by atoms with E-state index in [-0.39, 0.29) is 24.4 Å². The van der Waals surface area contributed by atoms with Crippen molar-refractivity contribution in [2.75, 3.05) is 25.3 Å². The number of thioether (sulfide) groups is 1. The molecule has 2 amide bonds. The van der Waals surface area contributed by atoms with Crippen LogP contribution in [0.3, 0.4) is 0 Å². The Morgan fingerprint density at radius 1 is 1.33 bits per heavy atom. The zero-order valence-corrected chi connectivity index (χ0v) is 12.7. The number of hydrogen-bond acceptors (Lipinski definition) is 5. The van der Waals surface area contributed by atoms with Gasteiger partial charge >= 0.3 is 0 Å². The Morgan fingerprint density at radius 2 is 2.10 bits per heavy atom. The fraction of sp³-hybridized carbons (Fsp3) is 0.429. The zero-order valence-electron chi connectivity index (χ0n) is 11.8. The molecule has 1 aliphatic heterocycles. The standard InChI is InChI=1S/C14H19N3O3S/c1-20-11-4-2-10(3-5-11)6-15-13(18)7-16-14(19)12-8-21-9-17-12/h2-5,12,17H,6-9H2,1H3,(H,15,18)(H,16,19). The van der Waals surface area contributed by atoms with E-state index in [4.69, 9.17) is 4.74 Å². The molecule has 0 aromatic heterocycles. The Labute approximate surface area is 128 Å². The minimum absolute atomic E-state index is 0.00215. The third-order valence-corrected chi connectivity index (χ3v) is 4.04. The molecule has 3 N–H and O–H groups in total. The summed E-state index contributed by atoms with van der Waals surface area (Å²) in [4.78, 5) is 23.4. The molecule has 21 heavy (non-hydrogen) atoms. The van der Waals surface area contributed by atoms with Crippen LogP contribution in [0.4, 0.5) is 0 Å². The topological polar surface area (TPSA) is 79.5 Å². The molecule has 0 aliphatic carbocycles. The van der Waals surface area contributed by atoms with Gasteiger partial charge in [-0.3, -0.25) is 14.9 Å². The van der Waals surface area contributed by atoms with E-state index in [1.54, 1.807) is 18.9 Å². The maximum atomic E-state index is 11.7. The van der Waals surface area contributed by atoms with Crippen LogP contribution in [0, 0.1) is 0 Å². The van der Waals surface area contributed by atoms with Gasteiger partial charge in [0.15, 0.2) is 0 Å². The molecule has 2 rings (SSSR count). The number of methoxy groups -OCH3 is 1. The number of hydrogen-bond donors (Lipinski definition) is 3. The van der Waals surface area contributed by atoms with Crippen molar-refractivity contribution >= 4 is 23.6 Å². The number of benzene rings is 1. The molecule has 1 aromatic rings. The van der Waals surface area contributed by atoms with Gasteiger partial charge in [0.25, 0.3) is 0 Å². The van der Waals surface area contributed by atoms with Crippen molar-refractivity contribution in [1.82, 2.24) is 16.0 Å². The molecule has 0 radical (unpaired) electrons. The molecule has 1 aliphatic rings. The van der Waals surface area contributed by atoms with Crippen molar-refractivity contribution in [3.8, 4) is 5.75 Å². The first-order valence-corrected chi connectivity index (χ1v) is 7.83. The van der Waals surface area contributed by atoms with E-state index in [1.165, 1.54) is 0 Å². The minimum Gasteiger partial charge on any atom is -0.497 e. The van der Waals surface area contributed by atoms with Crippen molar-refractivity contribution in [3.63, 3.8) is 0 Å². The molecule has 7 heteroatoms. The van der Waals surface area contributed by atoms with Gasteiger partial charge in [0.1, 0.15) is 5.75 Å². The molecule has 1 saturated heterocycles. The lowest BCUT2D eigenvalue weighted by atomic mass is 10.2. The predicted molar refractivity (Wildman–Crippen MR) is 82.1 cm³/mol. The molecule has 114 valence electrons. The predicted octanol–water partition coefficient (Wildman–Crippen LogP) is 0.0901. The second-order valence-electron chi connectivity index (χ2n) is 4.61.